The maximum atomic E-state index is 11.0. The first-order chi connectivity index (χ1) is 21.1. The first kappa shape index (κ1) is 50.4. The molecule has 0 aliphatic heterocycles. The summed E-state index contributed by atoms with van der Waals surface area (Å²) in [5.41, 5.74) is 3.06. The molecular weight excluding hydrogens is 673 g/mol. The van der Waals surface area contributed by atoms with E-state index in [9.17, 15) is 14.4 Å². The monoisotopic (exact) mass is 722 g/mol. The van der Waals surface area contributed by atoms with Crippen molar-refractivity contribution in [2.24, 2.45) is 0 Å². The van der Waals surface area contributed by atoms with Crippen molar-refractivity contribution >= 4 is 69.9 Å². The van der Waals surface area contributed by atoms with Gasteiger partial charge < -0.3 is 0 Å². The van der Waals surface area contributed by atoms with Crippen molar-refractivity contribution in [3.8, 4) is 0 Å². The molecule has 0 unspecified atom stereocenters. The van der Waals surface area contributed by atoms with Crippen LogP contribution >= 0.6 is 41.7 Å². The Morgan fingerprint density at radius 1 is 0.500 bits per heavy atom. The van der Waals surface area contributed by atoms with E-state index in [4.69, 9.17) is 41.7 Å². The van der Waals surface area contributed by atoms with Gasteiger partial charge in [0.2, 0.25) is 5.24 Å². The molecule has 3 nitrogen and oxygen atoms in total. The molecule has 0 aliphatic rings. The molecule has 0 heterocycles. The molecule has 4 rings (SSSR count). The van der Waals surface area contributed by atoms with Gasteiger partial charge >= 0.3 is 11.4 Å². The molecule has 0 spiro atoms. The van der Waals surface area contributed by atoms with Gasteiger partial charge in [0, 0.05) is 30.4 Å². The molecule has 0 amide bonds. The molecule has 4 aromatic carbocycles. The van der Waals surface area contributed by atoms with Gasteiger partial charge in [0.1, 0.15) is 0 Å². The largest absolute Gasteiger partial charge is 0.643 e. The van der Waals surface area contributed by atoms with Crippen LogP contribution in [0.1, 0.15) is 94.5 Å². The quantitative estimate of drug-likeness (QED) is 0.108. The Morgan fingerprint density at radius 3 is 0.957 bits per heavy atom. The van der Waals surface area contributed by atoms with Crippen LogP contribution in [0, 0.1) is 0 Å². The minimum atomic E-state index is -1.72. The molecule has 0 aromatic heterocycles. The number of aryl methyl sites for hydroxylation is 1. The molecule has 0 bridgehead atoms. The highest BCUT2D eigenvalue weighted by Gasteiger charge is 2.00. The van der Waals surface area contributed by atoms with Gasteiger partial charge in [-0.25, -0.2) is 30.1 Å². The lowest BCUT2D eigenvalue weighted by Crippen LogP contribution is -1.94. The molecule has 0 aliphatic carbocycles. The minimum Gasteiger partial charge on any atom is -0.294 e. The third-order valence-electron chi connectivity index (χ3n) is 5.16. The standard InChI is InChI=1S/2C9H10O.C9H12.C6H6.C3H5ClO.2CH4.Al.3ClH/c2*1-2-9(10)8-6-4-3-5-7-8;1-2-6-9-7-4-3-5-8-9;1-2-4-6-5-3-1;1-2-3(4)5;;;;;;/h2*3-7H,2H2,1H3;3-5,7-8H,2,6H2,1H3;1-6H;2H2,1H3;2*1H4;;3*1H/q;;;;;;;+3;;;/p-3. The van der Waals surface area contributed by atoms with Crippen molar-refractivity contribution in [2.45, 2.75) is 74.7 Å². The SMILES string of the molecule is C.C.CCC(=O)Cl.CCC(=O)c1ccccc1.CCC(=O)c1ccccc1.CCCc1ccccc1.[Cl][Al]([Cl])[Cl].c1ccccc1. The Labute approximate surface area is 301 Å². The Bertz CT molecular complexity index is 1130. The maximum Gasteiger partial charge on any atom is 0.643 e. The number of carbonyl (C=O) groups excluding carboxylic acids is 3. The third kappa shape index (κ3) is 34.5. The zero-order valence-corrected chi connectivity index (χ0v) is 30.2. The molecular formula is C38H51AlCl4O3. The zero-order valence-electron chi connectivity index (χ0n) is 26.0. The number of hydrogen-bond donors (Lipinski definition) is 0. The number of halogens is 4. The first-order valence-corrected chi connectivity index (χ1v) is 20.0. The summed E-state index contributed by atoms with van der Waals surface area (Å²) in [6.45, 7) is 7.66. The van der Waals surface area contributed by atoms with Crippen LogP contribution in [0.4, 0.5) is 0 Å². The number of hydrogen-bond acceptors (Lipinski definition) is 3. The van der Waals surface area contributed by atoms with E-state index >= 15 is 0 Å². The van der Waals surface area contributed by atoms with Crippen LogP contribution in [0.5, 0.6) is 0 Å². The van der Waals surface area contributed by atoms with Crippen molar-refractivity contribution < 1.29 is 14.4 Å². The topological polar surface area (TPSA) is 51.2 Å². The smallest absolute Gasteiger partial charge is 0.294 e. The van der Waals surface area contributed by atoms with E-state index in [1.807, 2.05) is 111 Å². The van der Waals surface area contributed by atoms with Crippen LogP contribution in [0.25, 0.3) is 0 Å². The lowest BCUT2D eigenvalue weighted by Gasteiger charge is -1.93. The van der Waals surface area contributed by atoms with Gasteiger partial charge in [-0.3, -0.25) is 14.4 Å². The molecule has 46 heavy (non-hydrogen) atoms. The zero-order chi connectivity index (χ0) is 33.4. The van der Waals surface area contributed by atoms with E-state index in [0.717, 1.165) is 11.1 Å². The fraction of sp³-hybridized carbons (Fsp3) is 0.289. The predicted molar refractivity (Wildman–Crippen MR) is 207 cm³/mol. The Balaban J connectivity index is -0.000000235. The highest BCUT2D eigenvalue weighted by atomic mass is 35.8. The van der Waals surface area contributed by atoms with Crippen molar-refractivity contribution in [1.82, 2.24) is 0 Å². The van der Waals surface area contributed by atoms with E-state index in [-0.39, 0.29) is 31.7 Å². The normalized spacial score (nSPS) is 8.35. The van der Waals surface area contributed by atoms with Gasteiger partial charge in [-0.1, -0.05) is 176 Å². The molecule has 0 radical (unpaired) electrons. The number of ketones is 2. The number of Topliss-reactive ketones (excluding diaryl/α,β-unsaturated/α-hetero) is 2. The second kappa shape index (κ2) is 37.0. The van der Waals surface area contributed by atoms with Crippen LogP contribution < -0.4 is 0 Å². The average molecular weight is 725 g/mol. The van der Waals surface area contributed by atoms with Crippen LogP contribution in [0.15, 0.2) is 127 Å². The van der Waals surface area contributed by atoms with Gasteiger partial charge in [0.15, 0.2) is 11.6 Å². The van der Waals surface area contributed by atoms with Gasteiger partial charge in [0.05, 0.1) is 0 Å². The Hall–Kier alpha value is -2.42. The van der Waals surface area contributed by atoms with Crippen molar-refractivity contribution in [3.63, 3.8) is 0 Å². The summed E-state index contributed by atoms with van der Waals surface area (Å²) in [4.78, 5) is 31.6. The summed E-state index contributed by atoms with van der Waals surface area (Å²) in [6, 6.07) is 41.3. The number of carbonyl (C=O) groups is 3. The fourth-order valence-corrected chi connectivity index (χ4v) is 2.97. The summed E-state index contributed by atoms with van der Waals surface area (Å²) in [5.74, 6) is 0.418. The van der Waals surface area contributed by atoms with E-state index in [1.165, 1.54) is 18.4 Å². The Kier molecular flexibility index (Phi) is 40.6. The van der Waals surface area contributed by atoms with E-state index < -0.39 is 11.4 Å². The highest BCUT2D eigenvalue weighted by Crippen LogP contribution is 2.03. The number of rotatable bonds is 7. The molecule has 0 saturated heterocycles. The molecule has 0 N–H and O–H groups in total. The van der Waals surface area contributed by atoms with Crippen LogP contribution in [-0.2, 0) is 11.2 Å². The van der Waals surface area contributed by atoms with E-state index in [2.05, 4.69) is 37.3 Å². The molecule has 0 saturated carbocycles. The van der Waals surface area contributed by atoms with Gasteiger partial charge in [0.25, 0.3) is 0 Å². The molecule has 0 fully saturated rings. The minimum absolute atomic E-state index is 0. The second-order valence-corrected chi connectivity index (χ2v) is 15.5. The third-order valence-corrected chi connectivity index (χ3v) is 5.43. The molecule has 4 aromatic rings. The van der Waals surface area contributed by atoms with Crippen LogP contribution in [0.2, 0.25) is 0 Å². The van der Waals surface area contributed by atoms with Crippen molar-refractivity contribution in [3.05, 3.63) is 144 Å². The summed E-state index contributed by atoms with van der Waals surface area (Å²) in [5, 5.41) is -0.273. The lowest BCUT2D eigenvalue weighted by atomic mass is 10.1. The first-order valence-electron chi connectivity index (χ1n) is 14.4. The maximum absolute atomic E-state index is 11.0. The van der Waals surface area contributed by atoms with Crippen molar-refractivity contribution in [2.75, 3.05) is 0 Å². The lowest BCUT2D eigenvalue weighted by molar-refractivity contribution is -0.111. The van der Waals surface area contributed by atoms with Gasteiger partial charge in [-0.2, -0.15) is 0 Å². The summed E-state index contributed by atoms with van der Waals surface area (Å²) < 4.78 is 0. The van der Waals surface area contributed by atoms with E-state index in [0.29, 0.717) is 19.3 Å². The summed E-state index contributed by atoms with van der Waals surface area (Å²) in [6.07, 6.45) is 4.06. The summed E-state index contributed by atoms with van der Waals surface area (Å²) in [7, 11) is 14.8. The van der Waals surface area contributed by atoms with Crippen molar-refractivity contribution in [1.29, 1.82) is 0 Å². The Morgan fingerprint density at radius 2 is 0.739 bits per heavy atom. The van der Waals surface area contributed by atoms with Crippen LogP contribution in [-0.4, -0.2) is 28.2 Å². The molecule has 0 atom stereocenters. The second-order valence-electron chi connectivity index (χ2n) is 8.63. The molecule has 252 valence electrons. The highest BCUT2D eigenvalue weighted by molar-refractivity contribution is 7.54. The molecule has 8 heteroatoms. The van der Waals surface area contributed by atoms with Gasteiger partial charge in [-0.05, 0) is 23.6 Å². The predicted octanol–water partition coefficient (Wildman–Crippen LogP) is 13.0. The summed E-state index contributed by atoms with van der Waals surface area (Å²) >= 11 is 3.10. The fourth-order valence-electron chi connectivity index (χ4n) is 2.97. The average Bonchev–Trinajstić information content (AvgIpc) is 3.07. The number of benzene rings is 4. The van der Waals surface area contributed by atoms with E-state index in [1.54, 1.807) is 6.92 Å². The van der Waals surface area contributed by atoms with Crippen LogP contribution in [0.3, 0.4) is 0 Å². The van der Waals surface area contributed by atoms with Gasteiger partial charge in [-0.15, -0.1) is 0 Å².